The quantitative estimate of drug-likeness (QED) is 0.780. The lowest BCUT2D eigenvalue weighted by Crippen LogP contribution is -2.42. The number of rotatable bonds is 3. The van der Waals surface area contributed by atoms with Crippen LogP contribution in [-0.4, -0.2) is 34.7 Å². The Morgan fingerprint density at radius 2 is 1.88 bits per heavy atom. The molecule has 3 rings (SSSR count). The molecule has 136 valence electrons. The van der Waals surface area contributed by atoms with Crippen molar-refractivity contribution in [1.29, 1.82) is 0 Å². The lowest BCUT2D eigenvalue weighted by molar-refractivity contribution is -0.137. The average Bonchev–Trinajstić information content (AvgIpc) is 2.67. The summed E-state index contributed by atoms with van der Waals surface area (Å²) < 4.78 is 38.6. The lowest BCUT2D eigenvalue weighted by atomic mass is 9.89. The first-order valence-corrected chi connectivity index (χ1v) is 8.27. The third kappa shape index (κ3) is 3.92. The van der Waals surface area contributed by atoms with Crippen molar-refractivity contribution in [2.24, 2.45) is 5.92 Å². The van der Waals surface area contributed by atoms with Gasteiger partial charge in [0.05, 0.1) is 11.1 Å². The predicted molar refractivity (Wildman–Crippen MR) is 88.6 cm³/mol. The Balaban J connectivity index is 1.75. The standard InChI is InChI=1S/C19H17F3N2O2/c20-19(21,22)16-7-1-4-13(10-16)17(25)15-6-3-9-24(12-15)18(26)14-5-2-8-23-11-14/h1-2,4-5,7-8,10-11,15H,3,6,9,12H2/t15-/m1/s1. The number of Topliss-reactive ketones (excluding diaryl/α,β-unsaturated/α-hetero) is 1. The van der Waals surface area contributed by atoms with Crippen molar-refractivity contribution in [2.75, 3.05) is 13.1 Å². The van der Waals surface area contributed by atoms with Gasteiger partial charge >= 0.3 is 6.18 Å². The lowest BCUT2D eigenvalue weighted by Gasteiger charge is -2.32. The van der Waals surface area contributed by atoms with E-state index in [2.05, 4.69) is 4.98 Å². The number of amides is 1. The highest BCUT2D eigenvalue weighted by atomic mass is 19.4. The molecule has 0 spiro atoms. The number of nitrogens with zero attached hydrogens (tertiary/aromatic N) is 2. The van der Waals surface area contributed by atoms with E-state index in [9.17, 15) is 22.8 Å². The van der Waals surface area contributed by atoms with Gasteiger partial charge < -0.3 is 4.90 Å². The van der Waals surface area contributed by atoms with E-state index in [4.69, 9.17) is 0 Å². The van der Waals surface area contributed by atoms with Gasteiger partial charge in [-0.2, -0.15) is 13.2 Å². The minimum Gasteiger partial charge on any atom is -0.338 e. The molecule has 0 radical (unpaired) electrons. The number of ketones is 1. The Kier molecular flexibility index (Phi) is 5.06. The molecule has 1 aromatic heterocycles. The largest absolute Gasteiger partial charge is 0.416 e. The number of pyridine rings is 1. The number of halogens is 3. The maximum absolute atomic E-state index is 12.9. The van der Waals surface area contributed by atoms with Crippen molar-refractivity contribution in [2.45, 2.75) is 19.0 Å². The minimum absolute atomic E-state index is 0.0282. The fourth-order valence-electron chi connectivity index (χ4n) is 3.13. The summed E-state index contributed by atoms with van der Waals surface area (Å²) in [6.07, 6.45) is -0.300. The average molecular weight is 362 g/mol. The number of hydrogen-bond donors (Lipinski definition) is 0. The molecule has 0 N–H and O–H groups in total. The molecule has 0 bridgehead atoms. The molecule has 2 heterocycles. The molecule has 0 saturated carbocycles. The molecular weight excluding hydrogens is 345 g/mol. The zero-order chi connectivity index (χ0) is 18.7. The van der Waals surface area contributed by atoms with Crippen molar-refractivity contribution >= 4 is 11.7 Å². The van der Waals surface area contributed by atoms with E-state index < -0.39 is 17.7 Å². The summed E-state index contributed by atoms with van der Waals surface area (Å²) in [7, 11) is 0. The van der Waals surface area contributed by atoms with Crippen LogP contribution in [0.5, 0.6) is 0 Å². The van der Waals surface area contributed by atoms with E-state index >= 15 is 0 Å². The number of benzene rings is 1. The highest BCUT2D eigenvalue weighted by molar-refractivity contribution is 5.99. The SMILES string of the molecule is O=C(c1cccc(C(F)(F)F)c1)[C@@H]1CCCN(C(=O)c2cccnc2)C1. The van der Waals surface area contributed by atoms with Gasteiger partial charge in [-0.25, -0.2) is 0 Å². The van der Waals surface area contributed by atoms with E-state index in [1.807, 2.05) is 0 Å². The predicted octanol–water partition coefficient (Wildman–Crippen LogP) is 3.84. The molecule has 1 aromatic carbocycles. The number of carbonyl (C=O) groups is 2. The molecule has 1 amide bonds. The van der Waals surface area contributed by atoms with Crippen molar-refractivity contribution in [3.8, 4) is 0 Å². The molecule has 1 fully saturated rings. The summed E-state index contributed by atoms with van der Waals surface area (Å²) in [6.45, 7) is 0.711. The molecule has 4 nitrogen and oxygen atoms in total. The summed E-state index contributed by atoms with van der Waals surface area (Å²) in [6, 6.07) is 7.74. The topological polar surface area (TPSA) is 50.3 Å². The zero-order valence-corrected chi connectivity index (χ0v) is 13.9. The van der Waals surface area contributed by atoms with Gasteiger partial charge in [-0.1, -0.05) is 12.1 Å². The van der Waals surface area contributed by atoms with Gasteiger partial charge in [0.1, 0.15) is 0 Å². The monoisotopic (exact) mass is 362 g/mol. The van der Waals surface area contributed by atoms with Crippen LogP contribution in [-0.2, 0) is 6.18 Å². The second-order valence-electron chi connectivity index (χ2n) is 6.27. The molecule has 1 aliphatic rings. The molecule has 2 aromatic rings. The van der Waals surface area contributed by atoms with Crippen LogP contribution in [0, 0.1) is 5.92 Å². The summed E-state index contributed by atoms with van der Waals surface area (Å²) in [5, 5.41) is 0. The Morgan fingerprint density at radius 1 is 1.12 bits per heavy atom. The maximum Gasteiger partial charge on any atom is 0.416 e. The van der Waals surface area contributed by atoms with E-state index in [1.165, 1.54) is 18.3 Å². The van der Waals surface area contributed by atoms with Crippen LogP contribution < -0.4 is 0 Å². The summed E-state index contributed by atoms with van der Waals surface area (Å²) in [5.41, 5.74) is -0.386. The van der Waals surface area contributed by atoms with Gasteiger partial charge in [-0.3, -0.25) is 14.6 Å². The molecule has 0 aliphatic carbocycles. The second kappa shape index (κ2) is 7.27. The van der Waals surface area contributed by atoms with Crippen LogP contribution in [0.3, 0.4) is 0 Å². The fourth-order valence-corrected chi connectivity index (χ4v) is 3.13. The van der Waals surface area contributed by atoms with E-state index in [-0.39, 0.29) is 23.8 Å². The summed E-state index contributed by atoms with van der Waals surface area (Å²) >= 11 is 0. The van der Waals surface area contributed by atoms with E-state index in [0.717, 1.165) is 12.1 Å². The van der Waals surface area contributed by atoms with Crippen molar-refractivity contribution in [3.05, 3.63) is 65.5 Å². The van der Waals surface area contributed by atoms with E-state index in [0.29, 0.717) is 24.9 Å². The smallest absolute Gasteiger partial charge is 0.338 e. The summed E-state index contributed by atoms with van der Waals surface area (Å²) in [4.78, 5) is 30.7. The van der Waals surface area contributed by atoms with Crippen LogP contribution in [0.2, 0.25) is 0 Å². The van der Waals surface area contributed by atoms with Gasteiger partial charge in [-0.05, 0) is 37.1 Å². The van der Waals surface area contributed by atoms with Crippen LogP contribution in [0.1, 0.15) is 39.1 Å². The molecule has 0 unspecified atom stereocenters. The third-order valence-electron chi connectivity index (χ3n) is 4.46. The Hall–Kier alpha value is -2.70. The number of hydrogen-bond acceptors (Lipinski definition) is 3. The normalized spacial score (nSPS) is 17.8. The second-order valence-corrected chi connectivity index (χ2v) is 6.27. The van der Waals surface area contributed by atoms with Crippen LogP contribution >= 0.6 is 0 Å². The van der Waals surface area contributed by atoms with Gasteiger partial charge in [-0.15, -0.1) is 0 Å². The maximum atomic E-state index is 12.9. The highest BCUT2D eigenvalue weighted by Crippen LogP contribution is 2.31. The number of carbonyl (C=O) groups excluding carboxylic acids is 2. The zero-order valence-electron chi connectivity index (χ0n) is 13.9. The van der Waals surface area contributed by atoms with Crippen molar-refractivity contribution < 1.29 is 22.8 Å². The van der Waals surface area contributed by atoms with Gasteiger partial charge in [0.25, 0.3) is 5.91 Å². The van der Waals surface area contributed by atoms with Crippen LogP contribution in [0.15, 0.2) is 48.8 Å². The first kappa shape index (κ1) is 18.1. The molecular formula is C19H17F3N2O2. The van der Waals surface area contributed by atoms with Crippen molar-refractivity contribution in [1.82, 2.24) is 9.88 Å². The molecule has 1 saturated heterocycles. The van der Waals surface area contributed by atoms with Gasteiger partial charge in [0.15, 0.2) is 5.78 Å². The summed E-state index contributed by atoms with van der Waals surface area (Å²) in [5.74, 6) is -1.09. The number of piperidine rings is 1. The molecule has 1 aliphatic heterocycles. The number of alkyl halides is 3. The molecule has 1 atom stereocenters. The molecule has 7 heteroatoms. The number of aromatic nitrogens is 1. The molecule has 26 heavy (non-hydrogen) atoms. The Bertz CT molecular complexity index is 806. The van der Waals surface area contributed by atoms with E-state index in [1.54, 1.807) is 23.2 Å². The fraction of sp³-hybridized carbons (Fsp3) is 0.316. The first-order chi connectivity index (χ1) is 12.4. The Morgan fingerprint density at radius 3 is 2.58 bits per heavy atom. The minimum atomic E-state index is -4.49. The highest BCUT2D eigenvalue weighted by Gasteiger charge is 2.33. The van der Waals surface area contributed by atoms with Gasteiger partial charge in [0, 0.05) is 37.0 Å². The van der Waals surface area contributed by atoms with Crippen LogP contribution in [0.4, 0.5) is 13.2 Å². The first-order valence-electron chi connectivity index (χ1n) is 8.27. The van der Waals surface area contributed by atoms with Crippen LogP contribution in [0.25, 0.3) is 0 Å². The Labute approximate surface area is 148 Å². The number of likely N-dealkylation sites (tertiary alicyclic amines) is 1. The van der Waals surface area contributed by atoms with Gasteiger partial charge in [0.2, 0.25) is 0 Å². The third-order valence-corrected chi connectivity index (χ3v) is 4.46. The van der Waals surface area contributed by atoms with Crippen molar-refractivity contribution in [3.63, 3.8) is 0 Å².